The van der Waals surface area contributed by atoms with Crippen molar-refractivity contribution in [3.05, 3.63) is 82.4 Å². The van der Waals surface area contributed by atoms with Gasteiger partial charge in [0.05, 0.1) is 35.5 Å². The van der Waals surface area contributed by atoms with Gasteiger partial charge in [0.25, 0.3) is 5.78 Å². The highest BCUT2D eigenvalue weighted by Crippen LogP contribution is 2.46. The standard InChI is InChI=1S/C30H28N2O6S/c1-5-11-38-20-8-6-7-19(14-20)27(34)24-26(18-9-10-21(33)22(15-18)37-4)32(29(36)28(24)35)30-31-25-17(3)12-16(2)13-23(25)39-30/h6-10,12-15,26,33-34H,5,11H2,1-4H3/b27-24+. The lowest BCUT2D eigenvalue weighted by molar-refractivity contribution is -0.132. The molecule has 0 aliphatic carbocycles. The number of hydrogen-bond acceptors (Lipinski definition) is 8. The van der Waals surface area contributed by atoms with Crippen LogP contribution < -0.4 is 14.4 Å². The number of nitrogens with zero attached hydrogens (tertiary/aromatic N) is 2. The molecule has 1 atom stereocenters. The summed E-state index contributed by atoms with van der Waals surface area (Å²) in [5, 5.41) is 22.0. The van der Waals surface area contributed by atoms with E-state index in [1.165, 1.54) is 29.4 Å². The molecular weight excluding hydrogens is 516 g/mol. The van der Waals surface area contributed by atoms with E-state index in [1.54, 1.807) is 36.4 Å². The molecule has 1 saturated heterocycles. The first-order valence-electron chi connectivity index (χ1n) is 12.5. The van der Waals surface area contributed by atoms with Crippen LogP contribution in [0, 0.1) is 13.8 Å². The van der Waals surface area contributed by atoms with Crippen LogP contribution in [-0.4, -0.2) is 40.6 Å². The van der Waals surface area contributed by atoms with Crippen LogP contribution in [-0.2, 0) is 9.59 Å². The minimum atomic E-state index is -1.01. The monoisotopic (exact) mass is 544 g/mol. The molecule has 0 saturated carbocycles. The first-order valence-corrected chi connectivity index (χ1v) is 13.3. The van der Waals surface area contributed by atoms with Gasteiger partial charge in [-0.1, -0.05) is 42.5 Å². The molecule has 39 heavy (non-hydrogen) atoms. The Morgan fingerprint density at radius 3 is 2.64 bits per heavy atom. The second-order valence-electron chi connectivity index (χ2n) is 9.40. The molecule has 8 nitrogen and oxygen atoms in total. The topological polar surface area (TPSA) is 109 Å². The fraction of sp³-hybridized carbons (Fsp3) is 0.233. The summed E-state index contributed by atoms with van der Waals surface area (Å²) in [6.45, 7) is 6.42. The zero-order valence-electron chi connectivity index (χ0n) is 22.0. The van der Waals surface area contributed by atoms with Crippen molar-refractivity contribution in [2.24, 2.45) is 0 Å². The molecule has 1 amide bonds. The highest BCUT2D eigenvalue weighted by molar-refractivity contribution is 7.22. The third-order valence-electron chi connectivity index (χ3n) is 6.57. The van der Waals surface area contributed by atoms with E-state index in [0.29, 0.717) is 28.6 Å². The predicted octanol–water partition coefficient (Wildman–Crippen LogP) is 6.04. The van der Waals surface area contributed by atoms with Gasteiger partial charge in [0, 0.05) is 5.56 Å². The molecule has 1 unspecified atom stereocenters. The Kier molecular flexibility index (Phi) is 7.01. The summed E-state index contributed by atoms with van der Waals surface area (Å²) in [7, 11) is 1.41. The molecule has 9 heteroatoms. The molecule has 5 rings (SSSR count). The summed E-state index contributed by atoms with van der Waals surface area (Å²) in [4.78, 5) is 33.2. The number of ether oxygens (including phenoxy) is 2. The molecule has 0 spiro atoms. The van der Waals surface area contributed by atoms with E-state index in [4.69, 9.17) is 14.5 Å². The van der Waals surface area contributed by atoms with E-state index >= 15 is 0 Å². The quantitative estimate of drug-likeness (QED) is 0.166. The summed E-state index contributed by atoms with van der Waals surface area (Å²) in [6.07, 6.45) is 0.811. The number of amides is 1. The van der Waals surface area contributed by atoms with Gasteiger partial charge in [0.1, 0.15) is 11.5 Å². The maximum atomic E-state index is 13.6. The number of benzene rings is 3. The number of hydrogen-bond donors (Lipinski definition) is 2. The maximum absolute atomic E-state index is 13.6. The van der Waals surface area contributed by atoms with Crippen molar-refractivity contribution >= 4 is 44.1 Å². The number of aromatic hydroxyl groups is 1. The normalized spacial score (nSPS) is 16.7. The molecule has 0 bridgehead atoms. The summed E-state index contributed by atoms with van der Waals surface area (Å²) >= 11 is 1.30. The van der Waals surface area contributed by atoms with Crippen LogP contribution in [0.25, 0.3) is 16.0 Å². The van der Waals surface area contributed by atoms with Gasteiger partial charge in [-0.3, -0.25) is 14.5 Å². The van der Waals surface area contributed by atoms with Crippen molar-refractivity contribution in [2.75, 3.05) is 18.6 Å². The van der Waals surface area contributed by atoms with Crippen molar-refractivity contribution in [3.63, 3.8) is 0 Å². The number of Topliss-reactive ketones (excluding diaryl/α,β-unsaturated/α-hetero) is 1. The first-order chi connectivity index (χ1) is 18.7. The third kappa shape index (κ3) is 4.70. The Balaban J connectivity index is 1.72. The number of aryl methyl sites for hydroxylation is 2. The number of aromatic nitrogens is 1. The number of methoxy groups -OCH3 is 1. The van der Waals surface area contributed by atoms with Crippen molar-refractivity contribution in [2.45, 2.75) is 33.2 Å². The molecule has 1 aromatic heterocycles. The van der Waals surface area contributed by atoms with Gasteiger partial charge in [0.2, 0.25) is 0 Å². The Morgan fingerprint density at radius 1 is 1.10 bits per heavy atom. The molecule has 4 aromatic rings. The third-order valence-corrected chi connectivity index (χ3v) is 7.57. The number of aliphatic hydroxyl groups excluding tert-OH is 1. The Labute approximate surface area is 229 Å². The summed E-state index contributed by atoms with van der Waals surface area (Å²) in [6, 6.07) is 14.3. The van der Waals surface area contributed by atoms with Gasteiger partial charge in [-0.15, -0.1) is 0 Å². The van der Waals surface area contributed by atoms with Crippen LogP contribution in [0.5, 0.6) is 17.2 Å². The summed E-state index contributed by atoms with van der Waals surface area (Å²) in [5.74, 6) is -1.36. The number of fused-ring (bicyclic) bond motifs is 1. The lowest BCUT2D eigenvalue weighted by Gasteiger charge is -2.23. The van der Waals surface area contributed by atoms with Crippen molar-refractivity contribution in [1.29, 1.82) is 0 Å². The number of aliphatic hydroxyl groups is 1. The summed E-state index contributed by atoms with van der Waals surface area (Å²) in [5.41, 5.74) is 3.47. The van der Waals surface area contributed by atoms with Crippen molar-refractivity contribution in [1.82, 2.24) is 4.98 Å². The minimum Gasteiger partial charge on any atom is -0.507 e. The van der Waals surface area contributed by atoms with Gasteiger partial charge < -0.3 is 19.7 Å². The van der Waals surface area contributed by atoms with Gasteiger partial charge in [0.15, 0.2) is 16.6 Å². The fourth-order valence-electron chi connectivity index (χ4n) is 4.78. The number of ketones is 1. The lowest BCUT2D eigenvalue weighted by Crippen LogP contribution is -2.29. The van der Waals surface area contributed by atoms with Crippen LogP contribution in [0.1, 0.15) is 41.6 Å². The average Bonchev–Trinajstić information content (AvgIpc) is 3.46. The van der Waals surface area contributed by atoms with Crippen molar-refractivity contribution < 1.29 is 29.3 Å². The Bertz CT molecular complexity index is 1640. The van der Waals surface area contributed by atoms with E-state index in [1.807, 2.05) is 32.9 Å². The van der Waals surface area contributed by atoms with Crippen LogP contribution in [0.4, 0.5) is 5.13 Å². The van der Waals surface area contributed by atoms with Gasteiger partial charge in [-0.25, -0.2) is 4.98 Å². The number of rotatable bonds is 7. The number of carbonyl (C=O) groups excluding carboxylic acids is 2. The largest absolute Gasteiger partial charge is 0.507 e. The second-order valence-corrected chi connectivity index (χ2v) is 10.4. The molecule has 2 N–H and O–H groups in total. The van der Waals surface area contributed by atoms with E-state index in [-0.39, 0.29) is 22.8 Å². The smallest absolute Gasteiger partial charge is 0.301 e. The van der Waals surface area contributed by atoms with Gasteiger partial charge in [-0.2, -0.15) is 0 Å². The zero-order valence-corrected chi connectivity index (χ0v) is 22.8. The number of thiazole rings is 1. The Morgan fingerprint density at radius 2 is 1.90 bits per heavy atom. The Hall–Kier alpha value is -4.37. The van der Waals surface area contributed by atoms with Crippen LogP contribution >= 0.6 is 11.3 Å². The first kappa shape index (κ1) is 26.2. The maximum Gasteiger partial charge on any atom is 0.301 e. The highest BCUT2D eigenvalue weighted by atomic mass is 32.1. The molecule has 1 fully saturated rings. The molecule has 0 radical (unpaired) electrons. The summed E-state index contributed by atoms with van der Waals surface area (Å²) < 4.78 is 11.9. The molecule has 200 valence electrons. The van der Waals surface area contributed by atoms with Gasteiger partial charge >= 0.3 is 5.91 Å². The minimum absolute atomic E-state index is 0.0902. The van der Waals surface area contributed by atoms with E-state index in [9.17, 15) is 19.8 Å². The van der Waals surface area contributed by atoms with Crippen LogP contribution in [0.2, 0.25) is 0 Å². The molecule has 3 aromatic carbocycles. The molecule has 2 heterocycles. The fourth-order valence-corrected chi connectivity index (χ4v) is 5.95. The highest BCUT2D eigenvalue weighted by Gasteiger charge is 2.48. The number of anilines is 1. The average molecular weight is 545 g/mol. The number of carbonyl (C=O) groups is 2. The van der Waals surface area contributed by atoms with Crippen LogP contribution in [0.3, 0.4) is 0 Å². The van der Waals surface area contributed by atoms with Gasteiger partial charge in [-0.05, 0) is 67.3 Å². The number of phenolic OH excluding ortho intramolecular Hbond substituents is 1. The SMILES string of the molecule is CCCOc1cccc(/C(O)=C2\C(=O)C(=O)N(c3nc4c(C)cc(C)cc4s3)C2c2ccc(O)c(OC)c2)c1. The van der Waals surface area contributed by atoms with Crippen LogP contribution in [0.15, 0.2) is 60.2 Å². The number of phenols is 1. The van der Waals surface area contributed by atoms with Crippen molar-refractivity contribution in [3.8, 4) is 17.2 Å². The second kappa shape index (κ2) is 10.4. The lowest BCUT2D eigenvalue weighted by atomic mass is 9.95. The van der Waals surface area contributed by atoms with E-state index < -0.39 is 17.7 Å². The molecule has 1 aliphatic rings. The van der Waals surface area contributed by atoms with E-state index in [0.717, 1.165) is 27.8 Å². The van der Waals surface area contributed by atoms with E-state index in [2.05, 4.69) is 0 Å². The molecule has 1 aliphatic heterocycles. The zero-order chi connectivity index (χ0) is 27.8. The predicted molar refractivity (Wildman–Crippen MR) is 151 cm³/mol. The molecular formula is C30H28N2O6S.